The largest absolute Gasteiger partial charge is 0.368 e. The average Bonchev–Trinajstić information content (AvgIpc) is 2.21. The summed E-state index contributed by atoms with van der Waals surface area (Å²) in [5, 5.41) is 13.3. The Hall–Kier alpha value is -1.65. The van der Waals surface area contributed by atoms with Crippen molar-refractivity contribution in [1.82, 2.24) is 15.5 Å². The van der Waals surface area contributed by atoms with Gasteiger partial charge in [0.25, 0.3) is 0 Å². The molecule has 5 heteroatoms. The van der Waals surface area contributed by atoms with Crippen molar-refractivity contribution < 1.29 is 4.79 Å². The molecular formula is C9H14N4O. The molecule has 5 nitrogen and oxygen atoms in total. The van der Waals surface area contributed by atoms with Crippen LogP contribution in [0.25, 0.3) is 0 Å². The summed E-state index contributed by atoms with van der Waals surface area (Å²) < 4.78 is 0. The molecule has 0 saturated heterocycles. The van der Waals surface area contributed by atoms with Gasteiger partial charge in [0.05, 0.1) is 5.69 Å². The predicted octanol–water partition coefficient (Wildman–Crippen LogP) is 0.333. The van der Waals surface area contributed by atoms with Gasteiger partial charge in [-0.15, -0.1) is 5.10 Å². The molecule has 0 aliphatic carbocycles. The van der Waals surface area contributed by atoms with Crippen LogP contribution in [0.15, 0.2) is 12.1 Å². The fourth-order valence-electron chi connectivity index (χ4n) is 0.922. The highest BCUT2D eigenvalue weighted by molar-refractivity contribution is 5.75. The summed E-state index contributed by atoms with van der Waals surface area (Å²) in [6.07, 6.45) is 0.437. The first-order valence-electron chi connectivity index (χ1n) is 4.47. The van der Waals surface area contributed by atoms with Crippen molar-refractivity contribution in [3.63, 3.8) is 0 Å². The van der Waals surface area contributed by atoms with Gasteiger partial charge in [-0.3, -0.25) is 4.79 Å². The monoisotopic (exact) mass is 194 g/mol. The third kappa shape index (κ3) is 3.38. The second kappa shape index (κ2) is 5.16. The zero-order valence-electron chi connectivity index (χ0n) is 8.37. The van der Waals surface area contributed by atoms with Crippen LogP contribution < -0.4 is 10.6 Å². The summed E-state index contributed by atoms with van der Waals surface area (Å²) >= 11 is 0. The molecular weight excluding hydrogens is 180 g/mol. The highest BCUT2D eigenvalue weighted by Crippen LogP contribution is 2.00. The average molecular weight is 194 g/mol. The lowest BCUT2D eigenvalue weighted by atomic mass is 10.4. The van der Waals surface area contributed by atoms with Gasteiger partial charge in [0.2, 0.25) is 5.91 Å². The normalized spacial score (nSPS) is 9.57. The molecule has 14 heavy (non-hydrogen) atoms. The van der Waals surface area contributed by atoms with Gasteiger partial charge in [-0.2, -0.15) is 5.10 Å². The SMILES string of the molecule is CNC(=O)CCNc1ccc(C)nn1. The molecule has 0 spiro atoms. The van der Waals surface area contributed by atoms with Gasteiger partial charge in [-0.1, -0.05) is 0 Å². The van der Waals surface area contributed by atoms with Gasteiger partial charge in [0.1, 0.15) is 5.82 Å². The lowest BCUT2D eigenvalue weighted by Gasteiger charge is -2.03. The lowest BCUT2D eigenvalue weighted by molar-refractivity contribution is -0.120. The number of carbonyl (C=O) groups is 1. The highest BCUT2D eigenvalue weighted by Gasteiger charge is 1.98. The number of nitrogens with one attached hydrogen (secondary N) is 2. The van der Waals surface area contributed by atoms with Gasteiger partial charge in [-0.25, -0.2) is 0 Å². The summed E-state index contributed by atoms with van der Waals surface area (Å²) in [5.74, 6) is 0.706. The predicted molar refractivity (Wildman–Crippen MR) is 53.9 cm³/mol. The zero-order valence-corrected chi connectivity index (χ0v) is 8.37. The van der Waals surface area contributed by atoms with Gasteiger partial charge in [-0.05, 0) is 19.1 Å². The molecule has 0 radical (unpaired) electrons. The van der Waals surface area contributed by atoms with E-state index in [2.05, 4.69) is 20.8 Å². The van der Waals surface area contributed by atoms with Crippen LogP contribution in [-0.4, -0.2) is 29.7 Å². The Morgan fingerprint density at radius 3 is 2.79 bits per heavy atom. The molecule has 1 aromatic rings. The van der Waals surface area contributed by atoms with Crippen LogP contribution in [-0.2, 0) is 4.79 Å². The summed E-state index contributed by atoms with van der Waals surface area (Å²) in [4.78, 5) is 10.9. The van der Waals surface area contributed by atoms with E-state index in [4.69, 9.17) is 0 Å². The van der Waals surface area contributed by atoms with Crippen LogP contribution >= 0.6 is 0 Å². The molecule has 0 fully saturated rings. The third-order valence-electron chi connectivity index (χ3n) is 1.73. The molecule has 0 aromatic carbocycles. The maximum absolute atomic E-state index is 10.9. The lowest BCUT2D eigenvalue weighted by Crippen LogP contribution is -2.21. The number of hydrogen-bond acceptors (Lipinski definition) is 4. The van der Waals surface area contributed by atoms with E-state index in [1.807, 2.05) is 19.1 Å². The molecule has 0 aliphatic rings. The van der Waals surface area contributed by atoms with E-state index < -0.39 is 0 Å². The number of anilines is 1. The van der Waals surface area contributed by atoms with Crippen molar-refractivity contribution in [3.8, 4) is 0 Å². The van der Waals surface area contributed by atoms with Crippen molar-refractivity contribution in [2.45, 2.75) is 13.3 Å². The van der Waals surface area contributed by atoms with Crippen molar-refractivity contribution >= 4 is 11.7 Å². The molecule has 0 saturated carbocycles. The number of carbonyl (C=O) groups excluding carboxylic acids is 1. The Kier molecular flexibility index (Phi) is 3.84. The van der Waals surface area contributed by atoms with Crippen LogP contribution in [0.1, 0.15) is 12.1 Å². The number of aromatic nitrogens is 2. The van der Waals surface area contributed by atoms with Gasteiger partial charge >= 0.3 is 0 Å². The number of nitrogens with zero attached hydrogens (tertiary/aromatic N) is 2. The quantitative estimate of drug-likeness (QED) is 0.725. The Morgan fingerprint density at radius 1 is 1.43 bits per heavy atom. The molecule has 0 aliphatic heterocycles. The molecule has 1 rings (SSSR count). The van der Waals surface area contributed by atoms with Crippen molar-refractivity contribution in [1.29, 1.82) is 0 Å². The molecule has 1 aromatic heterocycles. The Balaban J connectivity index is 2.31. The molecule has 2 N–H and O–H groups in total. The van der Waals surface area contributed by atoms with E-state index in [1.54, 1.807) is 7.05 Å². The minimum Gasteiger partial charge on any atom is -0.368 e. The Morgan fingerprint density at radius 2 is 2.21 bits per heavy atom. The summed E-state index contributed by atoms with van der Waals surface area (Å²) in [7, 11) is 1.62. The van der Waals surface area contributed by atoms with Crippen LogP contribution in [0.5, 0.6) is 0 Å². The van der Waals surface area contributed by atoms with Crippen LogP contribution in [0.3, 0.4) is 0 Å². The van der Waals surface area contributed by atoms with E-state index in [1.165, 1.54) is 0 Å². The molecule has 1 heterocycles. The fraction of sp³-hybridized carbons (Fsp3) is 0.444. The Bertz CT molecular complexity index is 296. The van der Waals surface area contributed by atoms with Gasteiger partial charge in [0.15, 0.2) is 0 Å². The molecule has 0 unspecified atom stereocenters. The zero-order chi connectivity index (χ0) is 10.4. The fourth-order valence-corrected chi connectivity index (χ4v) is 0.922. The highest BCUT2D eigenvalue weighted by atomic mass is 16.1. The number of hydrogen-bond donors (Lipinski definition) is 2. The minimum atomic E-state index is 0.0116. The molecule has 0 atom stereocenters. The maximum atomic E-state index is 10.9. The standard InChI is InChI=1S/C9H14N4O/c1-7-3-4-8(13-12-7)11-6-5-9(14)10-2/h3-4H,5-6H2,1-2H3,(H,10,14)(H,11,13). The molecule has 76 valence electrons. The molecule has 0 bridgehead atoms. The van der Waals surface area contributed by atoms with Crippen molar-refractivity contribution in [2.24, 2.45) is 0 Å². The Labute approximate surface area is 82.9 Å². The van der Waals surface area contributed by atoms with Gasteiger partial charge in [0, 0.05) is 20.0 Å². The summed E-state index contributed by atoms with van der Waals surface area (Å²) in [5.41, 5.74) is 0.877. The second-order valence-corrected chi connectivity index (χ2v) is 2.91. The summed E-state index contributed by atoms with van der Waals surface area (Å²) in [6.45, 7) is 2.44. The van der Waals surface area contributed by atoms with E-state index in [-0.39, 0.29) is 5.91 Å². The van der Waals surface area contributed by atoms with Gasteiger partial charge < -0.3 is 10.6 Å². The number of rotatable bonds is 4. The third-order valence-corrected chi connectivity index (χ3v) is 1.73. The van der Waals surface area contributed by atoms with E-state index in [0.717, 1.165) is 5.69 Å². The maximum Gasteiger partial charge on any atom is 0.221 e. The van der Waals surface area contributed by atoms with Crippen LogP contribution in [0, 0.1) is 6.92 Å². The second-order valence-electron chi connectivity index (χ2n) is 2.91. The first kappa shape index (κ1) is 10.4. The topological polar surface area (TPSA) is 66.9 Å². The van der Waals surface area contributed by atoms with E-state index in [0.29, 0.717) is 18.8 Å². The van der Waals surface area contributed by atoms with Crippen molar-refractivity contribution in [2.75, 3.05) is 18.9 Å². The number of amides is 1. The van der Waals surface area contributed by atoms with Crippen molar-refractivity contribution in [3.05, 3.63) is 17.8 Å². The molecule has 1 amide bonds. The smallest absolute Gasteiger partial charge is 0.221 e. The number of aryl methyl sites for hydroxylation is 1. The van der Waals surface area contributed by atoms with E-state index in [9.17, 15) is 4.79 Å². The summed E-state index contributed by atoms with van der Waals surface area (Å²) in [6, 6.07) is 3.71. The van der Waals surface area contributed by atoms with E-state index >= 15 is 0 Å². The minimum absolute atomic E-state index is 0.0116. The first-order valence-corrected chi connectivity index (χ1v) is 4.47. The van der Waals surface area contributed by atoms with Crippen LogP contribution in [0.2, 0.25) is 0 Å². The van der Waals surface area contributed by atoms with Crippen LogP contribution in [0.4, 0.5) is 5.82 Å². The first-order chi connectivity index (χ1) is 6.72.